The maximum atomic E-state index is 13.0. The van der Waals surface area contributed by atoms with Gasteiger partial charge in [-0.3, -0.25) is 5.10 Å². The molecule has 5 nitrogen and oxygen atoms in total. The Morgan fingerprint density at radius 2 is 2.18 bits per heavy atom. The Hall–Kier alpha value is -3.20. The summed E-state index contributed by atoms with van der Waals surface area (Å²) in [6.45, 7) is 3.45. The summed E-state index contributed by atoms with van der Waals surface area (Å²) in [4.78, 5) is 11.7. The molecule has 1 aromatic heterocycles. The van der Waals surface area contributed by atoms with Crippen LogP contribution in [0, 0.1) is 17.1 Å². The average Bonchev–Trinajstić information content (AvgIpc) is 2.99. The van der Waals surface area contributed by atoms with E-state index in [1.165, 1.54) is 30.5 Å². The number of aromatic nitrogens is 2. The number of nitrogens with zero attached hydrogens (tertiary/aromatic N) is 2. The molecule has 0 unspecified atom stereocenters. The van der Waals surface area contributed by atoms with Gasteiger partial charge in [-0.25, -0.2) is 9.18 Å². The lowest BCUT2D eigenvalue weighted by molar-refractivity contribution is -0.137. The molecular formula is C16H12FN3O2. The number of hydrogen-bond donors (Lipinski definition) is 1. The van der Waals surface area contributed by atoms with Crippen LogP contribution in [0.2, 0.25) is 0 Å². The first kappa shape index (κ1) is 15.2. The van der Waals surface area contributed by atoms with E-state index in [0.717, 1.165) is 0 Å². The quantitative estimate of drug-likeness (QED) is 0.398. The van der Waals surface area contributed by atoms with Gasteiger partial charge < -0.3 is 4.74 Å². The Morgan fingerprint density at radius 3 is 2.82 bits per heavy atom. The number of nitrogens with one attached hydrogen (secondary N) is 1. The lowest BCUT2D eigenvalue weighted by atomic mass is 10.1. The zero-order chi connectivity index (χ0) is 15.9. The third-order valence-electron chi connectivity index (χ3n) is 2.77. The molecule has 0 aliphatic rings. The van der Waals surface area contributed by atoms with Gasteiger partial charge in [0.05, 0.1) is 11.9 Å². The maximum Gasteiger partial charge on any atom is 0.349 e. The summed E-state index contributed by atoms with van der Waals surface area (Å²) < 4.78 is 17.8. The molecule has 0 spiro atoms. The molecule has 2 aromatic rings. The minimum Gasteiger partial charge on any atom is -0.457 e. The van der Waals surface area contributed by atoms with Gasteiger partial charge in [-0.1, -0.05) is 12.7 Å². The van der Waals surface area contributed by atoms with Crippen LogP contribution < -0.4 is 0 Å². The number of nitriles is 1. The lowest BCUT2D eigenvalue weighted by Gasteiger charge is -2.02. The van der Waals surface area contributed by atoms with Crippen LogP contribution in [0.1, 0.15) is 5.56 Å². The van der Waals surface area contributed by atoms with Gasteiger partial charge in [0.1, 0.15) is 24.1 Å². The number of H-pyrrole nitrogens is 1. The molecule has 1 N–H and O–H groups in total. The highest BCUT2D eigenvalue weighted by molar-refractivity contribution is 5.98. The zero-order valence-electron chi connectivity index (χ0n) is 11.5. The highest BCUT2D eigenvalue weighted by atomic mass is 19.1. The van der Waals surface area contributed by atoms with Crippen molar-refractivity contribution in [2.45, 2.75) is 0 Å². The number of esters is 1. The molecule has 0 aliphatic carbocycles. The van der Waals surface area contributed by atoms with Crippen LogP contribution in [0.5, 0.6) is 0 Å². The van der Waals surface area contributed by atoms with Crippen molar-refractivity contribution in [3.05, 3.63) is 60.1 Å². The first-order valence-corrected chi connectivity index (χ1v) is 6.35. The van der Waals surface area contributed by atoms with Gasteiger partial charge in [-0.15, -0.1) is 0 Å². The summed E-state index contributed by atoms with van der Waals surface area (Å²) in [7, 11) is 0. The number of carbonyl (C=O) groups is 1. The number of halogens is 1. The van der Waals surface area contributed by atoms with Crippen molar-refractivity contribution >= 4 is 12.0 Å². The Kier molecular flexibility index (Phi) is 4.83. The van der Waals surface area contributed by atoms with E-state index in [9.17, 15) is 9.18 Å². The van der Waals surface area contributed by atoms with E-state index in [4.69, 9.17) is 10.00 Å². The number of aromatic amines is 1. The second-order valence-electron chi connectivity index (χ2n) is 4.26. The normalized spacial score (nSPS) is 10.8. The molecule has 0 saturated heterocycles. The van der Waals surface area contributed by atoms with Gasteiger partial charge in [-0.2, -0.15) is 10.4 Å². The number of carbonyl (C=O) groups excluding carboxylic acids is 1. The molecule has 6 heteroatoms. The molecule has 1 heterocycles. The Bertz CT molecular complexity index is 754. The molecule has 0 saturated carbocycles. The molecule has 110 valence electrons. The zero-order valence-corrected chi connectivity index (χ0v) is 11.5. The van der Waals surface area contributed by atoms with E-state index in [-0.39, 0.29) is 18.0 Å². The summed E-state index contributed by atoms with van der Waals surface area (Å²) in [5, 5.41) is 15.7. The number of benzene rings is 1. The van der Waals surface area contributed by atoms with E-state index < -0.39 is 5.97 Å². The molecular weight excluding hydrogens is 285 g/mol. The van der Waals surface area contributed by atoms with Crippen molar-refractivity contribution in [2.75, 3.05) is 6.61 Å². The van der Waals surface area contributed by atoms with Crippen molar-refractivity contribution in [1.82, 2.24) is 10.2 Å². The third kappa shape index (κ3) is 3.46. The van der Waals surface area contributed by atoms with Crippen LogP contribution in [0.15, 0.2) is 48.7 Å². The van der Waals surface area contributed by atoms with Gasteiger partial charge in [0, 0.05) is 11.1 Å². The van der Waals surface area contributed by atoms with Gasteiger partial charge in [0.15, 0.2) is 0 Å². The minimum atomic E-state index is -0.742. The Balaban J connectivity index is 2.33. The van der Waals surface area contributed by atoms with Crippen LogP contribution >= 0.6 is 0 Å². The molecule has 0 aliphatic heterocycles. The fourth-order valence-electron chi connectivity index (χ4n) is 1.76. The van der Waals surface area contributed by atoms with Crippen molar-refractivity contribution in [3.63, 3.8) is 0 Å². The van der Waals surface area contributed by atoms with E-state index in [1.807, 2.05) is 0 Å². The molecule has 0 fully saturated rings. The van der Waals surface area contributed by atoms with Crippen LogP contribution in [0.4, 0.5) is 4.39 Å². The lowest BCUT2D eigenvalue weighted by Crippen LogP contribution is -2.06. The van der Waals surface area contributed by atoms with Gasteiger partial charge >= 0.3 is 5.97 Å². The summed E-state index contributed by atoms with van der Waals surface area (Å²) in [6.07, 6.45) is 4.25. The molecule has 1 aromatic carbocycles. The van der Waals surface area contributed by atoms with Gasteiger partial charge in [0.2, 0.25) is 0 Å². The second-order valence-corrected chi connectivity index (χ2v) is 4.26. The topological polar surface area (TPSA) is 78.8 Å². The number of hydrogen-bond acceptors (Lipinski definition) is 4. The summed E-state index contributed by atoms with van der Waals surface area (Å²) in [5.74, 6) is -1.10. The Morgan fingerprint density at radius 1 is 1.45 bits per heavy atom. The highest BCUT2D eigenvalue weighted by Crippen LogP contribution is 2.23. The molecule has 0 radical (unpaired) electrons. The molecule has 0 atom stereocenters. The van der Waals surface area contributed by atoms with Crippen LogP contribution in [0.3, 0.4) is 0 Å². The van der Waals surface area contributed by atoms with Crippen LogP contribution in [-0.2, 0) is 9.53 Å². The molecule has 0 bridgehead atoms. The van der Waals surface area contributed by atoms with E-state index in [1.54, 1.807) is 18.2 Å². The predicted octanol–water partition coefficient (Wildman–Crippen LogP) is 2.85. The molecule has 2 rings (SSSR count). The van der Waals surface area contributed by atoms with E-state index in [0.29, 0.717) is 16.8 Å². The van der Waals surface area contributed by atoms with E-state index >= 15 is 0 Å². The van der Waals surface area contributed by atoms with Crippen LogP contribution in [0.25, 0.3) is 17.3 Å². The average molecular weight is 297 g/mol. The monoisotopic (exact) mass is 297 g/mol. The fourth-order valence-corrected chi connectivity index (χ4v) is 1.76. The first-order valence-electron chi connectivity index (χ1n) is 6.35. The third-order valence-corrected chi connectivity index (χ3v) is 2.77. The van der Waals surface area contributed by atoms with Crippen LogP contribution in [-0.4, -0.2) is 22.8 Å². The summed E-state index contributed by atoms with van der Waals surface area (Å²) >= 11 is 0. The van der Waals surface area contributed by atoms with Gasteiger partial charge in [-0.05, 0) is 30.3 Å². The molecule has 22 heavy (non-hydrogen) atoms. The van der Waals surface area contributed by atoms with Gasteiger partial charge in [0.25, 0.3) is 0 Å². The number of ether oxygens (including phenoxy) is 1. The standard InChI is InChI=1S/C16H12FN3O2/c1-2-7-22-16(21)12(9-18)8-13-10-19-20-15(13)11-3-5-14(17)6-4-11/h2-6,8,10H,1,7H2,(H,19,20). The highest BCUT2D eigenvalue weighted by Gasteiger charge is 2.13. The largest absolute Gasteiger partial charge is 0.457 e. The van der Waals surface area contributed by atoms with Crippen molar-refractivity contribution in [1.29, 1.82) is 5.26 Å². The summed E-state index contributed by atoms with van der Waals surface area (Å²) in [5.41, 5.74) is 1.62. The number of rotatable bonds is 5. The SMILES string of the molecule is C=CCOC(=O)C(C#N)=Cc1cn[nH]c1-c1ccc(F)cc1. The van der Waals surface area contributed by atoms with Crippen molar-refractivity contribution in [3.8, 4) is 17.3 Å². The van der Waals surface area contributed by atoms with E-state index in [2.05, 4.69) is 16.8 Å². The first-order chi connectivity index (χ1) is 10.7. The smallest absolute Gasteiger partial charge is 0.349 e. The Labute approximate surface area is 126 Å². The maximum absolute atomic E-state index is 13.0. The summed E-state index contributed by atoms with van der Waals surface area (Å²) in [6, 6.07) is 7.56. The van der Waals surface area contributed by atoms with Crippen molar-refractivity contribution < 1.29 is 13.9 Å². The van der Waals surface area contributed by atoms with Crippen molar-refractivity contribution in [2.24, 2.45) is 0 Å². The second kappa shape index (κ2) is 6.99. The predicted molar refractivity (Wildman–Crippen MR) is 78.7 cm³/mol. The molecule has 0 amide bonds. The minimum absolute atomic E-state index is 0.0219. The fraction of sp³-hybridized carbons (Fsp3) is 0.0625.